The highest BCUT2D eigenvalue weighted by atomic mass is 16.3. The maximum Gasteiger partial charge on any atom is 0.267 e. The molecule has 3 aromatic carbocycles. The van der Waals surface area contributed by atoms with Crippen molar-refractivity contribution in [2.24, 2.45) is 0 Å². The second-order valence-corrected chi connectivity index (χ2v) is 8.17. The van der Waals surface area contributed by atoms with Crippen LogP contribution in [0.15, 0.2) is 65.5 Å². The standard InChI is InChI=1S/C26H23N3O3/c30-24-13-5-10-18-20(24)11-4-12-22(18)27-25(31)17-7-3-6-16(14-17)15-23-19-8-1-2-9-21(19)26(32)29-28-23/h3-7,10-14,30H,1-2,8-9,15H2,(H,27,31)(H,29,32). The van der Waals surface area contributed by atoms with Crippen LogP contribution in [0.3, 0.4) is 0 Å². The van der Waals surface area contributed by atoms with E-state index in [1.165, 1.54) is 0 Å². The van der Waals surface area contributed by atoms with Gasteiger partial charge in [0.1, 0.15) is 5.75 Å². The number of amides is 1. The van der Waals surface area contributed by atoms with Gasteiger partial charge in [0.2, 0.25) is 0 Å². The Morgan fingerprint density at radius 3 is 2.59 bits per heavy atom. The van der Waals surface area contributed by atoms with Gasteiger partial charge in [-0.05, 0) is 61.1 Å². The smallest absolute Gasteiger partial charge is 0.267 e. The van der Waals surface area contributed by atoms with Crippen LogP contribution in [-0.2, 0) is 19.3 Å². The average Bonchev–Trinajstić information content (AvgIpc) is 2.82. The monoisotopic (exact) mass is 425 g/mol. The fourth-order valence-corrected chi connectivity index (χ4v) is 4.49. The highest BCUT2D eigenvalue weighted by Crippen LogP contribution is 2.30. The molecule has 0 fully saturated rings. The minimum Gasteiger partial charge on any atom is -0.507 e. The Hall–Kier alpha value is -3.93. The predicted octanol–water partition coefficient (Wildman–Crippen LogP) is 4.35. The number of fused-ring (bicyclic) bond motifs is 2. The van der Waals surface area contributed by atoms with E-state index in [0.29, 0.717) is 23.1 Å². The summed E-state index contributed by atoms with van der Waals surface area (Å²) in [4.78, 5) is 25.1. The molecule has 0 radical (unpaired) electrons. The number of phenolic OH excluding ortho intramolecular Hbond substituents is 1. The van der Waals surface area contributed by atoms with Gasteiger partial charge in [-0.25, -0.2) is 5.10 Å². The van der Waals surface area contributed by atoms with Crippen molar-refractivity contribution in [3.8, 4) is 5.75 Å². The van der Waals surface area contributed by atoms with E-state index in [1.54, 1.807) is 24.3 Å². The minimum absolute atomic E-state index is 0.0855. The number of aromatic hydroxyl groups is 1. The molecular formula is C26H23N3O3. The Labute approximate surface area is 184 Å². The summed E-state index contributed by atoms with van der Waals surface area (Å²) >= 11 is 0. The lowest BCUT2D eigenvalue weighted by atomic mass is 9.90. The summed E-state index contributed by atoms with van der Waals surface area (Å²) in [6.45, 7) is 0. The lowest BCUT2D eigenvalue weighted by Crippen LogP contribution is -2.23. The van der Waals surface area contributed by atoms with Crippen molar-refractivity contribution in [3.63, 3.8) is 0 Å². The van der Waals surface area contributed by atoms with Crippen LogP contribution < -0.4 is 10.9 Å². The summed E-state index contributed by atoms with van der Waals surface area (Å²) in [5, 5.41) is 21.5. The Morgan fingerprint density at radius 1 is 0.969 bits per heavy atom. The second-order valence-electron chi connectivity index (χ2n) is 8.17. The van der Waals surface area contributed by atoms with Crippen molar-refractivity contribution < 1.29 is 9.90 Å². The van der Waals surface area contributed by atoms with Crippen LogP contribution in [0.2, 0.25) is 0 Å². The molecule has 1 heterocycles. The Morgan fingerprint density at radius 2 is 1.72 bits per heavy atom. The third kappa shape index (κ3) is 3.75. The van der Waals surface area contributed by atoms with Gasteiger partial charge >= 0.3 is 0 Å². The number of H-pyrrole nitrogens is 1. The molecule has 32 heavy (non-hydrogen) atoms. The minimum atomic E-state index is -0.223. The van der Waals surface area contributed by atoms with Crippen molar-refractivity contribution in [2.75, 3.05) is 5.32 Å². The largest absolute Gasteiger partial charge is 0.507 e. The molecule has 3 N–H and O–H groups in total. The highest BCUT2D eigenvalue weighted by molar-refractivity contribution is 6.09. The molecule has 0 atom stereocenters. The summed E-state index contributed by atoms with van der Waals surface area (Å²) in [7, 11) is 0. The van der Waals surface area contributed by atoms with E-state index in [-0.39, 0.29) is 17.2 Å². The van der Waals surface area contributed by atoms with Crippen molar-refractivity contribution in [3.05, 3.63) is 99.0 Å². The second kappa shape index (κ2) is 8.30. The first-order valence-electron chi connectivity index (χ1n) is 10.8. The predicted molar refractivity (Wildman–Crippen MR) is 124 cm³/mol. The molecule has 5 rings (SSSR count). The Kier molecular flexibility index (Phi) is 5.19. The molecule has 0 spiro atoms. The number of nitrogens with zero attached hydrogens (tertiary/aromatic N) is 1. The first-order valence-corrected chi connectivity index (χ1v) is 10.8. The van der Waals surface area contributed by atoms with Crippen LogP contribution in [0.25, 0.3) is 10.8 Å². The number of benzene rings is 3. The zero-order valence-electron chi connectivity index (χ0n) is 17.5. The molecule has 160 valence electrons. The molecule has 1 aliphatic rings. The van der Waals surface area contributed by atoms with Gasteiger partial charge in [-0.2, -0.15) is 5.10 Å². The number of carbonyl (C=O) groups excluding carboxylic acids is 1. The van der Waals surface area contributed by atoms with Crippen LogP contribution in [0.5, 0.6) is 5.75 Å². The number of phenols is 1. The van der Waals surface area contributed by atoms with Crippen LogP contribution >= 0.6 is 0 Å². The fourth-order valence-electron chi connectivity index (χ4n) is 4.49. The van der Waals surface area contributed by atoms with Gasteiger partial charge in [-0.1, -0.05) is 36.4 Å². The number of aromatic nitrogens is 2. The molecule has 1 aromatic heterocycles. The van der Waals surface area contributed by atoms with E-state index in [2.05, 4.69) is 15.5 Å². The van der Waals surface area contributed by atoms with Crippen LogP contribution in [-0.4, -0.2) is 21.2 Å². The van der Waals surface area contributed by atoms with Gasteiger partial charge in [-0.3, -0.25) is 9.59 Å². The lowest BCUT2D eigenvalue weighted by molar-refractivity contribution is 0.102. The highest BCUT2D eigenvalue weighted by Gasteiger charge is 2.18. The number of nitrogens with one attached hydrogen (secondary N) is 2. The van der Waals surface area contributed by atoms with E-state index in [9.17, 15) is 14.7 Å². The summed E-state index contributed by atoms with van der Waals surface area (Å²) in [6, 6.07) is 18.2. The molecule has 6 heteroatoms. The van der Waals surface area contributed by atoms with Crippen LogP contribution in [0, 0.1) is 0 Å². The Balaban J connectivity index is 1.41. The summed E-state index contributed by atoms with van der Waals surface area (Å²) < 4.78 is 0. The van der Waals surface area contributed by atoms with Crippen molar-refractivity contribution >= 4 is 22.4 Å². The topological polar surface area (TPSA) is 95.1 Å². The summed E-state index contributed by atoms with van der Waals surface area (Å²) in [5.41, 5.74) is 4.85. The van der Waals surface area contributed by atoms with Gasteiger partial charge in [0, 0.05) is 34.0 Å². The number of hydrogen-bond donors (Lipinski definition) is 3. The molecule has 0 aliphatic heterocycles. The number of anilines is 1. The van der Waals surface area contributed by atoms with E-state index in [4.69, 9.17) is 0 Å². The molecule has 4 aromatic rings. The zero-order valence-corrected chi connectivity index (χ0v) is 17.5. The quantitative estimate of drug-likeness (QED) is 0.453. The van der Waals surface area contributed by atoms with Crippen molar-refractivity contribution in [1.82, 2.24) is 10.2 Å². The number of carbonyl (C=O) groups is 1. The van der Waals surface area contributed by atoms with Gasteiger partial charge in [0.15, 0.2) is 0 Å². The SMILES string of the molecule is O=C(Nc1cccc2c(O)cccc12)c1cccc(Cc2n[nH]c(=O)c3c2CCCC3)c1. The van der Waals surface area contributed by atoms with Gasteiger partial charge in [0.25, 0.3) is 11.5 Å². The number of rotatable bonds is 4. The summed E-state index contributed by atoms with van der Waals surface area (Å²) in [6.07, 6.45) is 4.32. The van der Waals surface area contributed by atoms with E-state index in [0.717, 1.165) is 53.5 Å². The maximum atomic E-state index is 13.0. The number of hydrogen-bond acceptors (Lipinski definition) is 4. The molecule has 0 unspecified atom stereocenters. The third-order valence-electron chi connectivity index (χ3n) is 6.09. The first kappa shape index (κ1) is 20.0. The first-order chi connectivity index (χ1) is 15.6. The normalized spacial score (nSPS) is 13.0. The molecule has 0 bridgehead atoms. The average molecular weight is 425 g/mol. The molecule has 1 amide bonds. The molecule has 6 nitrogen and oxygen atoms in total. The van der Waals surface area contributed by atoms with Gasteiger partial charge < -0.3 is 10.4 Å². The fraction of sp³-hybridized carbons (Fsp3) is 0.192. The van der Waals surface area contributed by atoms with E-state index in [1.807, 2.05) is 36.4 Å². The Bertz CT molecular complexity index is 1390. The third-order valence-corrected chi connectivity index (χ3v) is 6.09. The number of aromatic amines is 1. The van der Waals surface area contributed by atoms with E-state index < -0.39 is 0 Å². The lowest BCUT2D eigenvalue weighted by Gasteiger charge is -2.17. The van der Waals surface area contributed by atoms with Crippen molar-refractivity contribution in [1.29, 1.82) is 0 Å². The van der Waals surface area contributed by atoms with Crippen LogP contribution in [0.1, 0.15) is 45.6 Å². The maximum absolute atomic E-state index is 13.0. The molecule has 0 saturated carbocycles. The van der Waals surface area contributed by atoms with E-state index >= 15 is 0 Å². The summed E-state index contributed by atoms with van der Waals surface area (Å²) in [5.74, 6) is -0.0449. The molecule has 0 saturated heterocycles. The van der Waals surface area contributed by atoms with Crippen molar-refractivity contribution in [2.45, 2.75) is 32.1 Å². The molecular weight excluding hydrogens is 402 g/mol. The molecule has 1 aliphatic carbocycles. The zero-order chi connectivity index (χ0) is 22.1. The van der Waals surface area contributed by atoms with Gasteiger partial charge in [-0.15, -0.1) is 0 Å². The van der Waals surface area contributed by atoms with Gasteiger partial charge in [0.05, 0.1) is 5.69 Å². The van der Waals surface area contributed by atoms with Crippen LogP contribution in [0.4, 0.5) is 5.69 Å².